The maximum atomic E-state index is 5.96. The van der Waals surface area contributed by atoms with Gasteiger partial charge in [-0.1, -0.05) is 24.3 Å². The molecule has 0 saturated carbocycles. The first kappa shape index (κ1) is 19.3. The molecule has 0 bridgehead atoms. The lowest BCUT2D eigenvalue weighted by molar-refractivity contribution is 0.0836. The Bertz CT molecular complexity index is 1010. The highest BCUT2D eigenvalue weighted by molar-refractivity contribution is 7.80. The Morgan fingerprint density at radius 2 is 1.93 bits per heavy atom. The Morgan fingerprint density at radius 1 is 1.10 bits per heavy atom. The van der Waals surface area contributed by atoms with E-state index in [0.717, 1.165) is 42.5 Å². The Hall–Kier alpha value is -2.70. The Balaban J connectivity index is 1.60. The van der Waals surface area contributed by atoms with Crippen LogP contribution in [-0.4, -0.2) is 38.8 Å². The highest BCUT2D eigenvalue weighted by Crippen LogP contribution is 2.40. The summed E-state index contributed by atoms with van der Waals surface area (Å²) in [7, 11) is 0. The van der Waals surface area contributed by atoms with Crippen molar-refractivity contribution < 1.29 is 4.74 Å². The van der Waals surface area contributed by atoms with E-state index in [2.05, 4.69) is 75.2 Å². The van der Waals surface area contributed by atoms with Crippen LogP contribution in [0.4, 0.5) is 0 Å². The molecule has 0 amide bonds. The third-order valence-electron chi connectivity index (χ3n) is 6.05. The molecule has 5 rings (SSSR count). The van der Waals surface area contributed by atoms with Gasteiger partial charge in [0, 0.05) is 36.4 Å². The van der Waals surface area contributed by atoms with Crippen LogP contribution in [0.3, 0.4) is 0 Å². The maximum absolute atomic E-state index is 5.96. The lowest BCUT2D eigenvalue weighted by atomic mass is 10.0. The molecule has 6 heteroatoms. The van der Waals surface area contributed by atoms with Gasteiger partial charge in [-0.15, -0.1) is 0 Å². The van der Waals surface area contributed by atoms with Gasteiger partial charge in [0.15, 0.2) is 5.11 Å². The summed E-state index contributed by atoms with van der Waals surface area (Å²) in [5.74, 6) is 0. The van der Waals surface area contributed by atoms with E-state index in [1.807, 2.05) is 18.3 Å². The second-order valence-electron chi connectivity index (χ2n) is 7.98. The van der Waals surface area contributed by atoms with Crippen LogP contribution in [0.25, 0.3) is 5.69 Å². The van der Waals surface area contributed by atoms with E-state index in [0.29, 0.717) is 0 Å². The van der Waals surface area contributed by atoms with Crippen molar-refractivity contribution in [3.63, 3.8) is 0 Å². The van der Waals surface area contributed by atoms with E-state index >= 15 is 0 Å². The third kappa shape index (κ3) is 3.50. The summed E-state index contributed by atoms with van der Waals surface area (Å²) in [5.41, 5.74) is 4.56. The lowest BCUT2D eigenvalue weighted by Gasteiger charge is -2.30. The molecule has 5 nitrogen and oxygen atoms in total. The Morgan fingerprint density at radius 3 is 2.67 bits per heavy atom. The lowest BCUT2D eigenvalue weighted by Crippen LogP contribution is -2.36. The molecule has 0 aliphatic carbocycles. The molecule has 3 atom stereocenters. The number of para-hydroxylation sites is 1. The molecule has 2 aliphatic rings. The summed E-state index contributed by atoms with van der Waals surface area (Å²) in [4.78, 5) is 6.96. The van der Waals surface area contributed by atoms with Crippen LogP contribution >= 0.6 is 12.2 Å². The van der Waals surface area contributed by atoms with Crippen molar-refractivity contribution in [2.24, 2.45) is 0 Å². The van der Waals surface area contributed by atoms with Gasteiger partial charge in [0.05, 0.1) is 23.9 Å². The van der Waals surface area contributed by atoms with E-state index in [1.165, 1.54) is 11.4 Å². The molecule has 1 N–H and O–H groups in total. The second-order valence-corrected chi connectivity index (χ2v) is 8.37. The van der Waals surface area contributed by atoms with E-state index in [1.54, 1.807) is 0 Å². The molecule has 0 radical (unpaired) electrons. The average molecular weight is 419 g/mol. The largest absolute Gasteiger partial charge is 0.376 e. The number of ether oxygens (including phenoxy) is 1. The molecule has 2 aliphatic heterocycles. The van der Waals surface area contributed by atoms with Gasteiger partial charge in [-0.05, 0) is 68.4 Å². The number of aryl methyl sites for hydroxylation is 1. The maximum Gasteiger partial charge on any atom is 0.170 e. The SMILES string of the molecule is Cc1ccc([C@@H]2[C@H](c3ccccn3)NC(=S)N2C[C@H]2CCCO2)n1-c1ccccc1. The van der Waals surface area contributed by atoms with Gasteiger partial charge in [-0.25, -0.2) is 0 Å². The van der Waals surface area contributed by atoms with Gasteiger partial charge in [0.2, 0.25) is 0 Å². The van der Waals surface area contributed by atoms with Crippen LogP contribution in [0, 0.1) is 6.92 Å². The fourth-order valence-electron chi connectivity index (χ4n) is 4.65. The van der Waals surface area contributed by atoms with Crippen LogP contribution in [0.2, 0.25) is 0 Å². The smallest absolute Gasteiger partial charge is 0.170 e. The van der Waals surface area contributed by atoms with Crippen molar-refractivity contribution in [1.82, 2.24) is 19.8 Å². The molecule has 4 heterocycles. The van der Waals surface area contributed by atoms with Crippen LogP contribution in [0.1, 0.15) is 42.0 Å². The molecule has 2 aromatic heterocycles. The van der Waals surface area contributed by atoms with Crippen LogP contribution in [0.5, 0.6) is 0 Å². The standard InChI is InChI=1S/C24H26N4OS/c1-17-12-13-21(28(17)18-8-3-2-4-9-18)23-22(20-11-5-6-14-25-20)26-24(30)27(23)16-19-10-7-15-29-19/h2-6,8-9,11-14,19,22-23H,7,10,15-16H2,1H3,(H,26,30)/t19-,22+,23-/m1/s1. The molecule has 1 aromatic carbocycles. The highest BCUT2D eigenvalue weighted by atomic mass is 32.1. The molecular formula is C24H26N4OS. The quantitative estimate of drug-likeness (QED) is 0.625. The van der Waals surface area contributed by atoms with Crippen molar-refractivity contribution in [1.29, 1.82) is 0 Å². The fourth-order valence-corrected chi connectivity index (χ4v) is 4.97. The number of hydrogen-bond donors (Lipinski definition) is 1. The van der Waals surface area contributed by atoms with E-state index in [-0.39, 0.29) is 18.2 Å². The average Bonchev–Trinajstić information content (AvgIpc) is 3.50. The summed E-state index contributed by atoms with van der Waals surface area (Å²) in [6.07, 6.45) is 4.27. The predicted molar refractivity (Wildman–Crippen MR) is 122 cm³/mol. The number of thiocarbonyl (C=S) groups is 1. The summed E-state index contributed by atoms with van der Waals surface area (Å²) in [5, 5.41) is 4.32. The zero-order valence-electron chi connectivity index (χ0n) is 17.1. The van der Waals surface area contributed by atoms with Gasteiger partial charge in [0.25, 0.3) is 0 Å². The summed E-state index contributed by atoms with van der Waals surface area (Å²) < 4.78 is 8.29. The monoisotopic (exact) mass is 418 g/mol. The van der Waals surface area contributed by atoms with Gasteiger partial charge in [0.1, 0.15) is 0 Å². The second kappa shape index (κ2) is 8.20. The van der Waals surface area contributed by atoms with Crippen LogP contribution in [-0.2, 0) is 4.74 Å². The molecular weight excluding hydrogens is 392 g/mol. The van der Waals surface area contributed by atoms with E-state index < -0.39 is 0 Å². The van der Waals surface area contributed by atoms with Crippen molar-refractivity contribution in [3.05, 3.63) is 83.9 Å². The number of nitrogens with zero attached hydrogens (tertiary/aromatic N) is 3. The first-order chi connectivity index (χ1) is 14.7. The summed E-state index contributed by atoms with van der Waals surface area (Å²) >= 11 is 5.82. The molecule has 3 aromatic rings. The fraction of sp³-hybridized carbons (Fsp3) is 0.333. The van der Waals surface area contributed by atoms with Crippen LogP contribution < -0.4 is 5.32 Å². The van der Waals surface area contributed by atoms with E-state index in [9.17, 15) is 0 Å². The predicted octanol–water partition coefficient (Wildman–Crippen LogP) is 4.33. The summed E-state index contributed by atoms with van der Waals surface area (Å²) in [6, 6.07) is 21.0. The van der Waals surface area contributed by atoms with Crippen molar-refractivity contribution in [2.45, 2.75) is 38.0 Å². The number of benzene rings is 1. The minimum atomic E-state index is -0.0168. The Labute approximate surface area is 182 Å². The number of pyridine rings is 1. The number of hydrogen-bond acceptors (Lipinski definition) is 3. The van der Waals surface area contributed by atoms with Crippen molar-refractivity contribution >= 4 is 17.3 Å². The normalized spacial score (nSPS) is 23.7. The molecule has 154 valence electrons. The number of rotatable bonds is 5. The topological polar surface area (TPSA) is 42.3 Å². The highest BCUT2D eigenvalue weighted by Gasteiger charge is 2.42. The Kier molecular flexibility index (Phi) is 5.27. The van der Waals surface area contributed by atoms with Crippen LogP contribution in [0.15, 0.2) is 66.9 Å². The van der Waals surface area contributed by atoms with Crippen molar-refractivity contribution in [3.8, 4) is 5.69 Å². The molecule has 30 heavy (non-hydrogen) atoms. The first-order valence-corrected chi connectivity index (χ1v) is 11.0. The van der Waals surface area contributed by atoms with Gasteiger partial charge < -0.3 is 19.5 Å². The molecule has 2 saturated heterocycles. The molecule has 0 spiro atoms. The third-order valence-corrected chi connectivity index (χ3v) is 6.40. The van der Waals surface area contributed by atoms with E-state index in [4.69, 9.17) is 17.0 Å². The van der Waals surface area contributed by atoms with Crippen molar-refractivity contribution in [2.75, 3.05) is 13.2 Å². The molecule has 2 fully saturated rings. The molecule has 0 unspecified atom stereocenters. The number of nitrogens with one attached hydrogen (secondary N) is 1. The zero-order chi connectivity index (χ0) is 20.5. The zero-order valence-corrected chi connectivity index (χ0v) is 17.9. The minimum Gasteiger partial charge on any atom is -0.376 e. The summed E-state index contributed by atoms with van der Waals surface area (Å²) in [6.45, 7) is 3.78. The number of aromatic nitrogens is 2. The minimum absolute atomic E-state index is 0.0168. The van der Waals surface area contributed by atoms with Gasteiger partial charge in [-0.3, -0.25) is 4.98 Å². The van der Waals surface area contributed by atoms with Gasteiger partial charge >= 0.3 is 0 Å². The van der Waals surface area contributed by atoms with Gasteiger partial charge in [-0.2, -0.15) is 0 Å². The first-order valence-electron chi connectivity index (χ1n) is 10.6.